The quantitative estimate of drug-likeness (QED) is 0.688. The molecule has 0 aliphatic heterocycles. The number of hydrogen-bond acceptors (Lipinski definition) is 2. The number of aryl methyl sites for hydroxylation is 2. The lowest BCUT2D eigenvalue weighted by molar-refractivity contribution is -0.137. The van der Waals surface area contributed by atoms with Crippen molar-refractivity contribution in [1.82, 2.24) is 9.88 Å². The van der Waals surface area contributed by atoms with E-state index in [1.54, 1.807) is 0 Å². The SMILES string of the molecule is Cc1ccc2c(c1)c1c(n2CC(=O)O)C(NC(C)c2ccccc2)CCC1. The van der Waals surface area contributed by atoms with Gasteiger partial charge in [-0.3, -0.25) is 4.79 Å². The fourth-order valence-corrected chi connectivity index (χ4v) is 4.45. The highest BCUT2D eigenvalue weighted by Gasteiger charge is 2.29. The Bertz CT molecular complexity index is 975. The molecule has 2 aromatic carbocycles. The van der Waals surface area contributed by atoms with Crippen molar-refractivity contribution in [2.45, 2.75) is 51.7 Å². The van der Waals surface area contributed by atoms with Crippen molar-refractivity contribution >= 4 is 16.9 Å². The van der Waals surface area contributed by atoms with Crippen molar-refractivity contribution in [3.8, 4) is 0 Å². The highest BCUT2D eigenvalue weighted by atomic mass is 16.4. The van der Waals surface area contributed by atoms with E-state index in [2.05, 4.69) is 61.6 Å². The zero-order chi connectivity index (χ0) is 19.0. The van der Waals surface area contributed by atoms with Gasteiger partial charge in [0.05, 0.1) is 0 Å². The maximum absolute atomic E-state index is 11.6. The van der Waals surface area contributed by atoms with E-state index in [0.717, 1.165) is 30.5 Å². The maximum Gasteiger partial charge on any atom is 0.323 e. The minimum absolute atomic E-state index is 0.00674. The first kappa shape index (κ1) is 17.8. The Morgan fingerprint density at radius 1 is 1.26 bits per heavy atom. The lowest BCUT2D eigenvalue weighted by atomic mass is 9.90. The van der Waals surface area contributed by atoms with Gasteiger partial charge in [-0.25, -0.2) is 0 Å². The molecule has 4 rings (SSSR count). The summed E-state index contributed by atoms with van der Waals surface area (Å²) < 4.78 is 2.01. The molecular formula is C23H26N2O2. The molecule has 1 aliphatic rings. The molecule has 0 saturated carbocycles. The van der Waals surface area contributed by atoms with Crippen molar-refractivity contribution < 1.29 is 9.90 Å². The second-order valence-electron chi connectivity index (χ2n) is 7.61. The van der Waals surface area contributed by atoms with E-state index in [1.807, 2.05) is 10.6 Å². The number of rotatable bonds is 5. The molecule has 1 heterocycles. The predicted molar refractivity (Wildman–Crippen MR) is 108 cm³/mol. The van der Waals surface area contributed by atoms with E-state index in [0.29, 0.717) is 0 Å². The fraction of sp³-hybridized carbons (Fsp3) is 0.348. The van der Waals surface area contributed by atoms with Crippen molar-refractivity contribution in [3.63, 3.8) is 0 Å². The predicted octanol–water partition coefficient (Wildman–Crippen LogP) is 4.76. The number of fused-ring (bicyclic) bond motifs is 3. The Kier molecular flexibility index (Phi) is 4.75. The zero-order valence-electron chi connectivity index (χ0n) is 15.9. The van der Waals surface area contributed by atoms with Gasteiger partial charge in [0.2, 0.25) is 0 Å². The van der Waals surface area contributed by atoms with Crippen LogP contribution in [0.4, 0.5) is 0 Å². The summed E-state index contributed by atoms with van der Waals surface area (Å²) in [5.41, 5.74) is 5.98. The normalized spacial score (nSPS) is 17.6. The van der Waals surface area contributed by atoms with E-state index in [9.17, 15) is 9.90 Å². The molecule has 4 heteroatoms. The Balaban J connectivity index is 1.78. The van der Waals surface area contributed by atoms with E-state index in [4.69, 9.17) is 0 Å². The van der Waals surface area contributed by atoms with Gasteiger partial charge >= 0.3 is 5.97 Å². The zero-order valence-corrected chi connectivity index (χ0v) is 15.9. The molecule has 1 aliphatic carbocycles. The molecule has 0 fully saturated rings. The second-order valence-corrected chi connectivity index (χ2v) is 7.61. The van der Waals surface area contributed by atoms with Crippen molar-refractivity contribution in [2.24, 2.45) is 0 Å². The molecule has 4 nitrogen and oxygen atoms in total. The number of carboxylic acid groups (broad SMARTS) is 1. The summed E-state index contributed by atoms with van der Waals surface area (Å²) in [6.45, 7) is 4.28. The van der Waals surface area contributed by atoms with E-state index in [1.165, 1.54) is 22.1 Å². The Hall–Kier alpha value is -2.59. The molecule has 140 valence electrons. The van der Waals surface area contributed by atoms with E-state index >= 15 is 0 Å². The highest BCUT2D eigenvalue weighted by molar-refractivity contribution is 5.88. The lowest BCUT2D eigenvalue weighted by Gasteiger charge is -2.29. The molecule has 2 N–H and O–H groups in total. The smallest absolute Gasteiger partial charge is 0.323 e. The number of aliphatic carboxylic acids is 1. The largest absolute Gasteiger partial charge is 0.480 e. The summed E-state index contributed by atoms with van der Waals surface area (Å²) in [5.74, 6) is -0.796. The third-order valence-corrected chi connectivity index (χ3v) is 5.66. The highest BCUT2D eigenvalue weighted by Crippen LogP contribution is 2.38. The lowest BCUT2D eigenvalue weighted by Crippen LogP contribution is -2.30. The summed E-state index contributed by atoms with van der Waals surface area (Å²) in [7, 11) is 0. The number of nitrogens with one attached hydrogen (secondary N) is 1. The number of hydrogen-bond donors (Lipinski definition) is 2. The molecule has 0 bridgehead atoms. The molecule has 0 amide bonds. The third kappa shape index (κ3) is 3.37. The van der Waals surface area contributed by atoms with Gasteiger partial charge < -0.3 is 15.0 Å². The summed E-state index contributed by atoms with van der Waals surface area (Å²) in [6.07, 6.45) is 3.16. The molecule has 1 aromatic heterocycles. The number of aromatic nitrogens is 1. The van der Waals surface area contributed by atoms with Crippen LogP contribution < -0.4 is 5.32 Å². The summed E-state index contributed by atoms with van der Waals surface area (Å²) in [5, 5.41) is 14.5. The van der Waals surface area contributed by atoms with Crippen LogP contribution in [0.15, 0.2) is 48.5 Å². The van der Waals surface area contributed by atoms with Crippen molar-refractivity contribution in [3.05, 3.63) is 70.9 Å². The fourth-order valence-electron chi connectivity index (χ4n) is 4.45. The first-order valence-electron chi connectivity index (χ1n) is 9.69. The van der Waals surface area contributed by atoms with Gasteiger partial charge in [-0.05, 0) is 56.4 Å². The van der Waals surface area contributed by atoms with E-state index in [-0.39, 0.29) is 18.6 Å². The Morgan fingerprint density at radius 3 is 2.78 bits per heavy atom. The average Bonchev–Trinajstić information content (AvgIpc) is 2.96. The van der Waals surface area contributed by atoms with Gasteiger partial charge in [-0.15, -0.1) is 0 Å². The monoisotopic (exact) mass is 362 g/mol. The minimum Gasteiger partial charge on any atom is -0.480 e. The minimum atomic E-state index is -0.796. The van der Waals surface area contributed by atoms with Crippen molar-refractivity contribution in [1.29, 1.82) is 0 Å². The molecule has 0 saturated heterocycles. The molecule has 0 radical (unpaired) electrons. The molecular weight excluding hydrogens is 336 g/mol. The van der Waals surface area contributed by atoms with Gasteiger partial charge in [0.15, 0.2) is 0 Å². The Morgan fingerprint density at radius 2 is 2.04 bits per heavy atom. The average molecular weight is 362 g/mol. The van der Waals surface area contributed by atoms with Crippen LogP contribution >= 0.6 is 0 Å². The number of nitrogens with zero attached hydrogens (tertiary/aromatic N) is 1. The first-order chi connectivity index (χ1) is 13.0. The molecule has 27 heavy (non-hydrogen) atoms. The van der Waals surface area contributed by atoms with Gasteiger partial charge in [0.1, 0.15) is 6.54 Å². The number of carboxylic acids is 1. The molecule has 3 aromatic rings. The summed E-state index contributed by atoms with van der Waals surface area (Å²) in [6, 6.07) is 17.1. The van der Waals surface area contributed by atoms with Crippen LogP contribution in [0.2, 0.25) is 0 Å². The van der Waals surface area contributed by atoms with Gasteiger partial charge in [0.25, 0.3) is 0 Å². The van der Waals surface area contributed by atoms with Crippen LogP contribution in [0.25, 0.3) is 10.9 Å². The van der Waals surface area contributed by atoms with Gasteiger partial charge in [-0.1, -0.05) is 42.0 Å². The van der Waals surface area contributed by atoms with Crippen LogP contribution in [-0.4, -0.2) is 15.6 Å². The van der Waals surface area contributed by atoms with Crippen LogP contribution in [-0.2, 0) is 17.8 Å². The van der Waals surface area contributed by atoms with Crippen molar-refractivity contribution in [2.75, 3.05) is 0 Å². The van der Waals surface area contributed by atoms with Gasteiger partial charge in [0, 0.05) is 28.7 Å². The molecule has 0 spiro atoms. The van der Waals surface area contributed by atoms with Crippen LogP contribution in [0, 0.1) is 6.92 Å². The first-order valence-corrected chi connectivity index (χ1v) is 9.69. The summed E-state index contributed by atoms with van der Waals surface area (Å²) >= 11 is 0. The van der Waals surface area contributed by atoms with Crippen LogP contribution in [0.1, 0.15) is 54.2 Å². The molecule has 2 atom stereocenters. The number of carbonyl (C=O) groups is 1. The second kappa shape index (κ2) is 7.20. The van der Waals surface area contributed by atoms with E-state index < -0.39 is 5.97 Å². The number of benzene rings is 2. The van der Waals surface area contributed by atoms with Gasteiger partial charge in [-0.2, -0.15) is 0 Å². The summed E-state index contributed by atoms with van der Waals surface area (Å²) in [4.78, 5) is 11.6. The third-order valence-electron chi connectivity index (χ3n) is 5.66. The topological polar surface area (TPSA) is 54.3 Å². The standard InChI is InChI=1S/C23H26N2O2/c1-15-11-12-21-19(13-15)18-9-6-10-20(23(18)25(21)14-22(26)27)24-16(2)17-7-4-3-5-8-17/h3-5,7-8,11-13,16,20,24H,6,9-10,14H2,1-2H3,(H,26,27). The molecule has 2 unspecified atom stereocenters. The maximum atomic E-state index is 11.6. The van der Waals surface area contributed by atoms with Crippen LogP contribution in [0.5, 0.6) is 0 Å². The Labute approximate surface area is 159 Å². The van der Waals surface area contributed by atoms with Crippen LogP contribution in [0.3, 0.4) is 0 Å².